The molecule has 1 aliphatic heterocycles. The van der Waals surface area contributed by atoms with Crippen molar-refractivity contribution in [1.29, 1.82) is 0 Å². The highest BCUT2D eigenvalue weighted by molar-refractivity contribution is 5.69. The van der Waals surface area contributed by atoms with Crippen LogP contribution in [0.5, 0.6) is 0 Å². The molecule has 2 N–H and O–H groups in total. The zero-order chi connectivity index (χ0) is 8.27. The molecule has 1 rings (SSSR count). The molecule has 0 amide bonds. The average molecular weight is 155 g/mol. The molecule has 11 heavy (non-hydrogen) atoms. The monoisotopic (exact) mass is 155 g/mol. The predicted molar refractivity (Wildman–Crippen MR) is 38.5 cm³/mol. The van der Waals surface area contributed by atoms with Gasteiger partial charge in [0.2, 0.25) is 0 Å². The molecule has 62 valence electrons. The maximum Gasteiger partial charge on any atom is 0.127 e. The van der Waals surface area contributed by atoms with Crippen molar-refractivity contribution in [2.75, 3.05) is 6.54 Å². The van der Waals surface area contributed by atoms with E-state index in [1.54, 1.807) is 0 Å². The third-order valence-corrected chi connectivity index (χ3v) is 2.14. The lowest BCUT2D eigenvalue weighted by molar-refractivity contribution is -0.666. The average Bonchev–Trinajstić information content (AvgIpc) is 2.37. The first-order valence-electron chi connectivity index (χ1n) is 3.89. The van der Waals surface area contributed by atoms with Crippen LogP contribution < -0.4 is 10.4 Å². The predicted octanol–water partition coefficient (Wildman–Crippen LogP) is -1.74. The van der Waals surface area contributed by atoms with Crippen LogP contribution in [0.25, 0.3) is 0 Å². The minimum Gasteiger partial charge on any atom is -0.544 e. The van der Waals surface area contributed by atoms with Gasteiger partial charge >= 0.3 is 0 Å². The van der Waals surface area contributed by atoms with E-state index in [9.17, 15) is 9.90 Å². The zero-order valence-electron chi connectivity index (χ0n) is 6.45. The third kappa shape index (κ3) is 2.05. The number of carboxylic acid groups (broad SMARTS) is 1. The van der Waals surface area contributed by atoms with Crippen LogP contribution >= 0.6 is 0 Å². The van der Waals surface area contributed by atoms with E-state index >= 15 is 0 Å². The second kappa shape index (κ2) is 3.53. The van der Waals surface area contributed by atoms with Crippen molar-refractivity contribution in [2.24, 2.45) is 5.92 Å². The highest BCUT2D eigenvalue weighted by Gasteiger charge is 2.27. The number of carboxylic acids is 1. The molecule has 0 aromatic heterocycles. The summed E-state index contributed by atoms with van der Waals surface area (Å²) < 4.78 is 0. The lowest BCUT2D eigenvalue weighted by Crippen LogP contribution is -2.89. The molecule has 3 heteroatoms. The van der Waals surface area contributed by atoms with Crippen molar-refractivity contribution in [3.8, 4) is 0 Å². The largest absolute Gasteiger partial charge is 0.544 e. The Morgan fingerprint density at radius 1 is 1.82 bits per heavy atom. The van der Waals surface area contributed by atoms with E-state index < -0.39 is 5.97 Å². The summed E-state index contributed by atoms with van der Waals surface area (Å²) in [6, 6.07) is -0.319. The molecule has 0 bridgehead atoms. The number of carbonyl (C=O) groups excluding carboxylic acids is 1. The summed E-state index contributed by atoms with van der Waals surface area (Å²) in [6.45, 7) is 4.51. The number of allylic oxidation sites excluding steroid dienone is 1. The molecule has 3 nitrogen and oxygen atoms in total. The molecular weight excluding hydrogens is 142 g/mol. The van der Waals surface area contributed by atoms with Crippen LogP contribution in [0.4, 0.5) is 0 Å². The van der Waals surface area contributed by atoms with Crippen molar-refractivity contribution >= 4 is 5.97 Å². The fourth-order valence-corrected chi connectivity index (χ4v) is 1.53. The molecule has 0 aromatic carbocycles. The number of hydrogen-bond donors (Lipinski definition) is 1. The van der Waals surface area contributed by atoms with Gasteiger partial charge in [0.15, 0.2) is 0 Å². The smallest absolute Gasteiger partial charge is 0.127 e. The normalized spacial score (nSPS) is 30.2. The van der Waals surface area contributed by atoms with Crippen molar-refractivity contribution in [3.05, 3.63) is 12.7 Å². The van der Waals surface area contributed by atoms with Crippen molar-refractivity contribution in [3.63, 3.8) is 0 Å². The van der Waals surface area contributed by atoms with Crippen molar-refractivity contribution in [2.45, 2.75) is 18.9 Å². The summed E-state index contributed by atoms with van der Waals surface area (Å²) >= 11 is 0. The SMILES string of the molecule is C=CC[C@H]1C[NH2+][C@H](C(=O)[O-])C1. The molecule has 2 atom stereocenters. The Bertz CT molecular complexity index is 167. The molecule has 1 fully saturated rings. The van der Waals surface area contributed by atoms with Crippen LogP contribution in [0.2, 0.25) is 0 Å². The van der Waals surface area contributed by atoms with Crippen LogP contribution in [0.1, 0.15) is 12.8 Å². The summed E-state index contributed by atoms with van der Waals surface area (Å²) in [5.41, 5.74) is 0. The van der Waals surface area contributed by atoms with Gasteiger partial charge in [0, 0.05) is 12.3 Å². The van der Waals surface area contributed by atoms with Crippen molar-refractivity contribution < 1.29 is 15.2 Å². The van der Waals surface area contributed by atoms with E-state index in [4.69, 9.17) is 0 Å². The Labute approximate surface area is 66.1 Å². The van der Waals surface area contributed by atoms with Crippen LogP contribution in [-0.2, 0) is 4.79 Å². The number of carbonyl (C=O) groups is 1. The van der Waals surface area contributed by atoms with Gasteiger partial charge < -0.3 is 15.2 Å². The van der Waals surface area contributed by atoms with E-state index in [2.05, 4.69) is 6.58 Å². The fourth-order valence-electron chi connectivity index (χ4n) is 1.53. The number of nitrogens with two attached hydrogens (primary N) is 1. The van der Waals surface area contributed by atoms with Gasteiger partial charge in [-0.05, 0) is 6.42 Å². The highest BCUT2D eigenvalue weighted by Crippen LogP contribution is 2.12. The van der Waals surface area contributed by atoms with E-state index in [1.165, 1.54) is 0 Å². The molecule has 0 aliphatic carbocycles. The van der Waals surface area contributed by atoms with Gasteiger partial charge in [-0.1, -0.05) is 6.08 Å². The summed E-state index contributed by atoms with van der Waals surface area (Å²) in [6.07, 6.45) is 3.49. The summed E-state index contributed by atoms with van der Waals surface area (Å²) in [5, 5.41) is 12.2. The van der Waals surface area contributed by atoms with E-state index in [-0.39, 0.29) is 6.04 Å². The number of quaternary nitrogens is 1. The molecule has 0 radical (unpaired) electrons. The Morgan fingerprint density at radius 2 is 2.55 bits per heavy atom. The van der Waals surface area contributed by atoms with Gasteiger partial charge in [-0.25, -0.2) is 0 Å². The van der Waals surface area contributed by atoms with Gasteiger partial charge in [-0.2, -0.15) is 0 Å². The maximum atomic E-state index is 10.4. The van der Waals surface area contributed by atoms with Gasteiger partial charge in [-0.15, -0.1) is 6.58 Å². The lowest BCUT2D eigenvalue weighted by atomic mass is 10.0. The van der Waals surface area contributed by atoms with E-state index in [0.717, 1.165) is 19.4 Å². The summed E-state index contributed by atoms with van der Waals surface area (Å²) in [4.78, 5) is 10.4. The standard InChI is InChI=1S/C8H13NO2/c1-2-3-6-4-7(8(10)11)9-5-6/h2,6-7,9H,1,3-5H2,(H,10,11)/t6-,7+/m1/s1. The number of hydrogen-bond acceptors (Lipinski definition) is 2. The molecule has 0 saturated carbocycles. The quantitative estimate of drug-likeness (QED) is 0.492. The second-order valence-corrected chi connectivity index (χ2v) is 3.02. The highest BCUT2D eigenvalue weighted by atomic mass is 16.4. The number of rotatable bonds is 3. The van der Waals surface area contributed by atoms with Crippen LogP contribution in [0.3, 0.4) is 0 Å². The summed E-state index contributed by atoms with van der Waals surface area (Å²) in [5.74, 6) is -0.452. The van der Waals surface area contributed by atoms with Crippen LogP contribution in [-0.4, -0.2) is 18.6 Å². The first kappa shape index (κ1) is 8.27. The number of aliphatic carboxylic acids is 1. The minimum absolute atomic E-state index is 0.319. The lowest BCUT2D eigenvalue weighted by Gasteiger charge is -2.06. The molecule has 1 heterocycles. The molecule has 0 aromatic rings. The van der Waals surface area contributed by atoms with Crippen molar-refractivity contribution in [1.82, 2.24) is 0 Å². The van der Waals surface area contributed by atoms with Gasteiger partial charge in [0.25, 0.3) is 0 Å². The van der Waals surface area contributed by atoms with Gasteiger partial charge in [-0.3, -0.25) is 0 Å². The second-order valence-electron chi connectivity index (χ2n) is 3.02. The first-order valence-corrected chi connectivity index (χ1v) is 3.89. The van der Waals surface area contributed by atoms with E-state index in [0.29, 0.717) is 5.92 Å². The fraction of sp³-hybridized carbons (Fsp3) is 0.625. The van der Waals surface area contributed by atoms with Gasteiger partial charge in [0.1, 0.15) is 6.04 Å². The zero-order valence-corrected chi connectivity index (χ0v) is 6.45. The topological polar surface area (TPSA) is 56.7 Å². The molecule has 1 aliphatic rings. The molecular formula is C8H13NO2. The Morgan fingerprint density at radius 3 is 3.00 bits per heavy atom. The van der Waals surface area contributed by atoms with Gasteiger partial charge in [0.05, 0.1) is 12.5 Å². The Hall–Kier alpha value is -0.830. The van der Waals surface area contributed by atoms with Crippen LogP contribution in [0.15, 0.2) is 12.7 Å². The first-order chi connectivity index (χ1) is 5.24. The van der Waals surface area contributed by atoms with Crippen LogP contribution in [0, 0.1) is 5.92 Å². The Balaban J connectivity index is 2.34. The minimum atomic E-state index is -0.934. The van der Waals surface area contributed by atoms with E-state index in [1.807, 2.05) is 11.4 Å². The molecule has 0 unspecified atom stereocenters. The summed E-state index contributed by atoms with van der Waals surface area (Å²) in [7, 11) is 0. The molecule has 0 spiro atoms. The Kier molecular flexibility index (Phi) is 2.65. The maximum absolute atomic E-state index is 10.4. The molecule has 1 saturated heterocycles. The third-order valence-electron chi connectivity index (χ3n) is 2.14.